The topological polar surface area (TPSA) is 65.1 Å². The quantitative estimate of drug-likeness (QED) is 0.631. The summed E-state index contributed by atoms with van der Waals surface area (Å²) in [4.78, 5) is 26.3. The van der Waals surface area contributed by atoms with E-state index in [0.717, 1.165) is 25.7 Å². The number of hydrogen-bond acceptors (Lipinski definition) is 5. The Labute approximate surface area is 155 Å². The van der Waals surface area contributed by atoms with Crippen LogP contribution >= 0.6 is 0 Å². The fourth-order valence-electron chi connectivity index (χ4n) is 3.27. The molecule has 0 bridgehead atoms. The molecule has 0 aromatic heterocycles. The maximum Gasteiger partial charge on any atom is 0.307 e. The summed E-state index contributed by atoms with van der Waals surface area (Å²) in [6.45, 7) is 2.47. The van der Waals surface area contributed by atoms with Crippen molar-refractivity contribution in [3.8, 4) is 11.5 Å². The van der Waals surface area contributed by atoms with Crippen molar-refractivity contribution in [2.45, 2.75) is 51.5 Å². The molecule has 1 saturated carbocycles. The maximum atomic E-state index is 12.8. The number of ether oxygens (including phenoxy) is 3. The number of amides is 1. The third kappa shape index (κ3) is 6.24. The van der Waals surface area contributed by atoms with Gasteiger partial charge in [0, 0.05) is 18.7 Å². The number of methoxy groups -OCH3 is 1. The SMILES string of the molecule is CCOC(=O)CCN(C(=O)COc1cccc(OC)c1)C1CCCCC1. The molecule has 0 atom stereocenters. The standard InChI is InChI=1S/C20H29NO5/c1-3-25-20(23)12-13-21(16-8-5-4-6-9-16)19(22)15-26-18-11-7-10-17(14-18)24-2/h7,10-11,14,16H,3-6,8-9,12-13,15H2,1-2H3. The van der Waals surface area contributed by atoms with Gasteiger partial charge in [-0.05, 0) is 31.9 Å². The van der Waals surface area contributed by atoms with Gasteiger partial charge in [-0.1, -0.05) is 25.3 Å². The third-order valence-electron chi connectivity index (χ3n) is 4.60. The number of esters is 1. The van der Waals surface area contributed by atoms with Crippen LogP contribution in [0, 0.1) is 0 Å². The highest BCUT2D eigenvalue weighted by Gasteiger charge is 2.26. The molecule has 0 heterocycles. The van der Waals surface area contributed by atoms with E-state index in [2.05, 4.69) is 0 Å². The van der Waals surface area contributed by atoms with Crippen molar-refractivity contribution < 1.29 is 23.8 Å². The van der Waals surface area contributed by atoms with Crippen LogP contribution in [0.25, 0.3) is 0 Å². The zero-order valence-corrected chi connectivity index (χ0v) is 15.7. The van der Waals surface area contributed by atoms with Crippen LogP contribution in [0.15, 0.2) is 24.3 Å². The summed E-state index contributed by atoms with van der Waals surface area (Å²) in [6.07, 6.45) is 5.61. The monoisotopic (exact) mass is 363 g/mol. The van der Waals surface area contributed by atoms with E-state index < -0.39 is 0 Å². The first kappa shape index (κ1) is 20.1. The first-order valence-electron chi connectivity index (χ1n) is 9.36. The molecule has 0 unspecified atom stereocenters. The van der Waals surface area contributed by atoms with Crippen molar-refractivity contribution in [2.75, 3.05) is 26.9 Å². The normalized spacial score (nSPS) is 14.5. The average Bonchev–Trinajstić information content (AvgIpc) is 2.67. The van der Waals surface area contributed by atoms with Crippen molar-refractivity contribution in [1.29, 1.82) is 0 Å². The number of nitrogens with zero attached hydrogens (tertiary/aromatic N) is 1. The van der Waals surface area contributed by atoms with Gasteiger partial charge in [0.2, 0.25) is 0 Å². The average molecular weight is 363 g/mol. The third-order valence-corrected chi connectivity index (χ3v) is 4.60. The van der Waals surface area contributed by atoms with Gasteiger partial charge in [-0.25, -0.2) is 0 Å². The molecule has 0 N–H and O–H groups in total. The molecule has 0 saturated heterocycles. The largest absolute Gasteiger partial charge is 0.497 e. The Hall–Kier alpha value is -2.24. The van der Waals surface area contributed by atoms with Crippen LogP contribution in [0.2, 0.25) is 0 Å². The molecule has 0 radical (unpaired) electrons. The number of carbonyl (C=O) groups excluding carboxylic acids is 2. The first-order valence-corrected chi connectivity index (χ1v) is 9.36. The van der Waals surface area contributed by atoms with E-state index >= 15 is 0 Å². The molecule has 26 heavy (non-hydrogen) atoms. The minimum atomic E-state index is -0.269. The Morgan fingerprint density at radius 1 is 1.15 bits per heavy atom. The summed E-state index contributed by atoms with van der Waals surface area (Å²) in [6, 6.07) is 7.36. The Bertz CT molecular complexity index is 583. The van der Waals surface area contributed by atoms with E-state index in [1.165, 1.54) is 6.42 Å². The summed E-state index contributed by atoms with van der Waals surface area (Å²) in [7, 11) is 1.59. The van der Waals surface area contributed by atoms with Crippen LogP contribution in [-0.4, -0.2) is 49.7 Å². The molecule has 1 aromatic rings. The summed E-state index contributed by atoms with van der Waals surface area (Å²) >= 11 is 0. The molecule has 1 aliphatic rings. The van der Waals surface area contributed by atoms with Gasteiger partial charge in [0.05, 0.1) is 20.1 Å². The zero-order chi connectivity index (χ0) is 18.8. The van der Waals surface area contributed by atoms with Crippen molar-refractivity contribution in [2.24, 2.45) is 0 Å². The van der Waals surface area contributed by atoms with Crippen molar-refractivity contribution in [3.63, 3.8) is 0 Å². The summed E-state index contributed by atoms with van der Waals surface area (Å²) in [5, 5.41) is 0. The van der Waals surface area contributed by atoms with Crippen molar-refractivity contribution in [3.05, 3.63) is 24.3 Å². The first-order chi connectivity index (χ1) is 12.6. The van der Waals surface area contributed by atoms with Crippen molar-refractivity contribution >= 4 is 11.9 Å². The molecule has 1 fully saturated rings. The Balaban J connectivity index is 1.95. The number of benzene rings is 1. The van der Waals surface area contributed by atoms with E-state index in [-0.39, 0.29) is 30.9 Å². The molecule has 6 nitrogen and oxygen atoms in total. The van der Waals surface area contributed by atoms with Gasteiger partial charge in [-0.2, -0.15) is 0 Å². The minimum absolute atomic E-state index is 0.0491. The Morgan fingerprint density at radius 2 is 1.88 bits per heavy atom. The molecule has 1 aliphatic carbocycles. The van der Waals surface area contributed by atoms with E-state index in [9.17, 15) is 9.59 Å². The van der Waals surface area contributed by atoms with Gasteiger partial charge in [0.15, 0.2) is 6.61 Å². The van der Waals surface area contributed by atoms with Gasteiger partial charge in [-0.15, -0.1) is 0 Å². The number of hydrogen-bond donors (Lipinski definition) is 0. The highest BCUT2D eigenvalue weighted by atomic mass is 16.5. The maximum absolute atomic E-state index is 12.8. The highest BCUT2D eigenvalue weighted by molar-refractivity contribution is 5.79. The lowest BCUT2D eigenvalue weighted by Gasteiger charge is -2.34. The van der Waals surface area contributed by atoms with E-state index in [4.69, 9.17) is 14.2 Å². The lowest BCUT2D eigenvalue weighted by atomic mass is 9.94. The molecule has 1 aromatic carbocycles. The Kier molecular flexibility index (Phi) is 8.25. The van der Waals surface area contributed by atoms with Crippen LogP contribution in [-0.2, 0) is 14.3 Å². The summed E-state index contributed by atoms with van der Waals surface area (Å²) < 4.78 is 15.8. The fraction of sp³-hybridized carbons (Fsp3) is 0.600. The summed E-state index contributed by atoms with van der Waals surface area (Å²) in [5.74, 6) is 0.909. The molecule has 0 spiro atoms. The van der Waals surface area contributed by atoms with Gasteiger partial charge >= 0.3 is 5.97 Å². The predicted octanol–water partition coefficient (Wildman–Crippen LogP) is 3.19. The summed E-state index contributed by atoms with van der Waals surface area (Å²) in [5.41, 5.74) is 0. The number of carbonyl (C=O) groups is 2. The van der Waals surface area contributed by atoms with E-state index in [0.29, 0.717) is 24.7 Å². The predicted molar refractivity (Wildman–Crippen MR) is 98.3 cm³/mol. The van der Waals surface area contributed by atoms with Crippen LogP contribution in [0.1, 0.15) is 45.4 Å². The highest BCUT2D eigenvalue weighted by Crippen LogP contribution is 2.24. The van der Waals surface area contributed by atoms with E-state index in [1.807, 2.05) is 12.1 Å². The molecule has 2 rings (SSSR count). The second kappa shape index (κ2) is 10.7. The zero-order valence-electron chi connectivity index (χ0n) is 15.7. The van der Waals surface area contributed by atoms with Gasteiger partial charge < -0.3 is 19.1 Å². The van der Waals surface area contributed by atoms with Gasteiger partial charge in [-0.3, -0.25) is 9.59 Å². The molecule has 6 heteroatoms. The molecule has 144 valence electrons. The molecule has 1 amide bonds. The smallest absolute Gasteiger partial charge is 0.307 e. The molecule has 0 aliphatic heterocycles. The molecular formula is C20H29NO5. The van der Waals surface area contributed by atoms with Crippen LogP contribution < -0.4 is 9.47 Å². The van der Waals surface area contributed by atoms with E-state index in [1.54, 1.807) is 31.1 Å². The second-order valence-corrected chi connectivity index (χ2v) is 6.40. The van der Waals surface area contributed by atoms with Crippen LogP contribution in [0.5, 0.6) is 11.5 Å². The lowest BCUT2D eigenvalue weighted by Crippen LogP contribution is -2.44. The van der Waals surface area contributed by atoms with Crippen molar-refractivity contribution in [1.82, 2.24) is 4.90 Å². The van der Waals surface area contributed by atoms with Crippen LogP contribution in [0.3, 0.4) is 0 Å². The Morgan fingerprint density at radius 3 is 2.58 bits per heavy atom. The second-order valence-electron chi connectivity index (χ2n) is 6.40. The minimum Gasteiger partial charge on any atom is -0.497 e. The number of rotatable bonds is 9. The lowest BCUT2D eigenvalue weighted by molar-refractivity contribution is -0.145. The van der Waals surface area contributed by atoms with Gasteiger partial charge in [0.25, 0.3) is 5.91 Å². The van der Waals surface area contributed by atoms with Gasteiger partial charge in [0.1, 0.15) is 11.5 Å². The van der Waals surface area contributed by atoms with Crippen LogP contribution in [0.4, 0.5) is 0 Å². The fourth-order valence-corrected chi connectivity index (χ4v) is 3.27. The molecular weight excluding hydrogens is 334 g/mol.